The molecule has 8 heteroatoms. The molecule has 0 bridgehead atoms. The van der Waals surface area contributed by atoms with Crippen molar-refractivity contribution in [2.75, 3.05) is 11.1 Å². The largest absolute Gasteiger partial charge is 0.399 e. The number of nitrogens with zero attached hydrogens (tertiary/aromatic N) is 2. The first-order valence-corrected chi connectivity index (χ1v) is 6.79. The number of rotatable bonds is 4. The van der Waals surface area contributed by atoms with E-state index in [0.717, 1.165) is 0 Å². The number of aryl methyl sites for hydroxylation is 1. The quantitative estimate of drug-likeness (QED) is 0.842. The minimum Gasteiger partial charge on any atom is -0.399 e. The Kier molecular flexibility index (Phi) is 4.82. The summed E-state index contributed by atoms with van der Waals surface area (Å²) in [6.45, 7) is 0.211. The molecule has 0 radical (unpaired) electrons. The smallest absolute Gasteiger partial charge is 0.347 e. The zero-order valence-corrected chi connectivity index (χ0v) is 12.4. The maximum Gasteiger partial charge on any atom is 0.347 e. The fourth-order valence-corrected chi connectivity index (χ4v) is 2.29. The minimum atomic E-state index is -0.408. The lowest BCUT2D eigenvalue weighted by atomic mass is 10.2. The summed E-state index contributed by atoms with van der Waals surface area (Å²) >= 11 is 12.0. The molecule has 2 rings (SSSR count). The maximum absolute atomic E-state index is 11.9. The standard InChI is InChI=1S/C13H12Cl2N4O2/c14-9-6-8(16)7-10(15)12(9)18-11(20)2-5-19-4-1-3-17-13(19)21/h1,3-4,6-7H,2,5,16H2,(H,18,20). The van der Waals surface area contributed by atoms with Crippen molar-refractivity contribution >= 4 is 40.5 Å². The zero-order valence-electron chi connectivity index (χ0n) is 10.8. The van der Waals surface area contributed by atoms with Crippen LogP contribution in [0.4, 0.5) is 11.4 Å². The van der Waals surface area contributed by atoms with Crippen LogP contribution in [0.1, 0.15) is 6.42 Å². The van der Waals surface area contributed by atoms with Gasteiger partial charge in [-0.25, -0.2) is 9.78 Å². The lowest BCUT2D eigenvalue weighted by Crippen LogP contribution is -2.24. The van der Waals surface area contributed by atoms with Crippen molar-refractivity contribution < 1.29 is 4.79 Å². The SMILES string of the molecule is Nc1cc(Cl)c(NC(=O)CCn2cccnc2=O)c(Cl)c1. The molecule has 1 amide bonds. The first-order chi connectivity index (χ1) is 9.97. The van der Waals surface area contributed by atoms with Crippen molar-refractivity contribution in [2.45, 2.75) is 13.0 Å². The zero-order chi connectivity index (χ0) is 15.4. The van der Waals surface area contributed by atoms with Crippen LogP contribution in [0.3, 0.4) is 0 Å². The molecule has 3 N–H and O–H groups in total. The van der Waals surface area contributed by atoms with Gasteiger partial charge in [0.25, 0.3) is 0 Å². The average Bonchev–Trinajstić information content (AvgIpc) is 2.42. The van der Waals surface area contributed by atoms with Gasteiger partial charge in [-0.05, 0) is 18.2 Å². The van der Waals surface area contributed by atoms with Crippen molar-refractivity contribution in [1.29, 1.82) is 0 Å². The Morgan fingerprint density at radius 1 is 1.33 bits per heavy atom. The van der Waals surface area contributed by atoms with Crippen molar-refractivity contribution in [2.24, 2.45) is 0 Å². The molecule has 0 unspecified atom stereocenters. The van der Waals surface area contributed by atoms with E-state index in [4.69, 9.17) is 28.9 Å². The first-order valence-electron chi connectivity index (χ1n) is 6.03. The molecule has 6 nitrogen and oxygen atoms in total. The van der Waals surface area contributed by atoms with E-state index in [1.165, 1.54) is 22.9 Å². The highest BCUT2D eigenvalue weighted by atomic mass is 35.5. The number of anilines is 2. The summed E-state index contributed by atoms with van der Waals surface area (Å²) in [4.78, 5) is 26.9. The average molecular weight is 327 g/mol. The van der Waals surface area contributed by atoms with Crippen LogP contribution in [0.25, 0.3) is 0 Å². The van der Waals surface area contributed by atoms with Gasteiger partial charge in [0.15, 0.2) is 0 Å². The van der Waals surface area contributed by atoms with Gasteiger partial charge >= 0.3 is 5.69 Å². The summed E-state index contributed by atoms with van der Waals surface area (Å²) in [7, 11) is 0. The molecular formula is C13H12Cl2N4O2. The van der Waals surface area contributed by atoms with Gasteiger partial charge in [-0.3, -0.25) is 9.36 Å². The topological polar surface area (TPSA) is 90.0 Å². The number of nitrogens with one attached hydrogen (secondary N) is 1. The highest BCUT2D eigenvalue weighted by Crippen LogP contribution is 2.32. The lowest BCUT2D eigenvalue weighted by Gasteiger charge is -2.10. The second kappa shape index (κ2) is 6.60. The van der Waals surface area contributed by atoms with Gasteiger partial charge in [0.1, 0.15) is 0 Å². The highest BCUT2D eigenvalue weighted by Gasteiger charge is 2.11. The Bertz CT molecular complexity index is 707. The van der Waals surface area contributed by atoms with Crippen LogP contribution in [0.2, 0.25) is 10.0 Å². The van der Waals surface area contributed by atoms with E-state index < -0.39 is 5.69 Å². The van der Waals surface area contributed by atoms with Crippen LogP contribution in [-0.2, 0) is 11.3 Å². The fourth-order valence-electron chi connectivity index (χ4n) is 1.69. The molecule has 0 aliphatic heterocycles. The number of carbonyl (C=O) groups is 1. The Balaban J connectivity index is 2.03. The summed E-state index contributed by atoms with van der Waals surface area (Å²) in [5.74, 6) is -0.320. The first kappa shape index (κ1) is 15.3. The van der Waals surface area contributed by atoms with E-state index in [9.17, 15) is 9.59 Å². The second-order valence-corrected chi connectivity index (χ2v) is 5.07. The predicted molar refractivity (Wildman–Crippen MR) is 82.6 cm³/mol. The van der Waals surface area contributed by atoms with E-state index in [1.807, 2.05) is 0 Å². The molecule has 0 fully saturated rings. The predicted octanol–water partition coefficient (Wildman–Crippen LogP) is 2.16. The summed E-state index contributed by atoms with van der Waals surface area (Å²) in [5.41, 5.74) is 5.88. The summed E-state index contributed by atoms with van der Waals surface area (Å²) in [6.07, 6.45) is 3.04. The number of nitrogen functional groups attached to an aromatic ring is 1. The molecule has 0 spiro atoms. The van der Waals surface area contributed by atoms with Crippen LogP contribution in [0.15, 0.2) is 35.4 Å². The molecule has 0 atom stereocenters. The van der Waals surface area contributed by atoms with Crippen molar-refractivity contribution in [1.82, 2.24) is 9.55 Å². The highest BCUT2D eigenvalue weighted by molar-refractivity contribution is 6.40. The number of halogens is 2. The Labute approximate surface area is 130 Å². The van der Waals surface area contributed by atoms with E-state index in [1.54, 1.807) is 12.3 Å². The molecule has 0 aliphatic rings. The van der Waals surface area contributed by atoms with E-state index in [2.05, 4.69) is 10.3 Å². The molecule has 2 aromatic rings. The summed E-state index contributed by atoms with van der Waals surface area (Å²) < 4.78 is 1.34. The Morgan fingerprint density at radius 3 is 2.62 bits per heavy atom. The molecular weight excluding hydrogens is 315 g/mol. The number of hydrogen-bond donors (Lipinski definition) is 2. The van der Waals surface area contributed by atoms with Crippen molar-refractivity contribution in [3.05, 3.63) is 51.1 Å². The normalized spacial score (nSPS) is 10.4. The van der Waals surface area contributed by atoms with E-state index >= 15 is 0 Å². The van der Waals surface area contributed by atoms with Crippen LogP contribution in [-0.4, -0.2) is 15.5 Å². The molecule has 1 aromatic heterocycles. The maximum atomic E-state index is 11.9. The van der Waals surface area contributed by atoms with Gasteiger partial charge < -0.3 is 11.1 Å². The van der Waals surface area contributed by atoms with Gasteiger partial charge in [-0.15, -0.1) is 0 Å². The van der Waals surface area contributed by atoms with Crippen LogP contribution < -0.4 is 16.7 Å². The monoisotopic (exact) mass is 326 g/mol. The molecule has 1 heterocycles. The molecule has 1 aromatic carbocycles. The third kappa shape index (κ3) is 3.96. The number of amides is 1. The minimum absolute atomic E-state index is 0.0859. The van der Waals surface area contributed by atoms with Gasteiger partial charge in [-0.2, -0.15) is 0 Å². The second-order valence-electron chi connectivity index (χ2n) is 4.25. The molecule has 0 saturated carbocycles. The van der Waals surface area contributed by atoms with Gasteiger partial charge in [0.2, 0.25) is 5.91 Å². The van der Waals surface area contributed by atoms with Crippen LogP contribution in [0, 0.1) is 0 Å². The number of hydrogen-bond acceptors (Lipinski definition) is 4. The summed E-state index contributed by atoms with van der Waals surface area (Å²) in [5, 5.41) is 3.11. The number of aromatic nitrogens is 2. The Hall–Kier alpha value is -2.05. The number of carbonyl (C=O) groups excluding carboxylic acids is 1. The van der Waals surface area contributed by atoms with Crippen LogP contribution in [0.5, 0.6) is 0 Å². The third-order valence-electron chi connectivity index (χ3n) is 2.69. The van der Waals surface area contributed by atoms with E-state index in [-0.39, 0.29) is 28.9 Å². The summed E-state index contributed by atoms with van der Waals surface area (Å²) in [6, 6.07) is 4.61. The molecule has 21 heavy (non-hydrogen) atoms. The van der Waals surface area contributed by atoms with Gasteiger partial charge in [0, 0.05) is 31.0 Å². The number of benzene rings is 1. The fraction of sp³-hybridized carbons (Fsp3) is 0.154. The van der Waals surface area contributed by atoms with Crippen molar-refractivity contribution in [3.8, 4) is 0 Å². The molecule has 0 saturated heterocycles. The van der Waals surface area contributed by atoms with Crippen molar-refractivity contribution in [3.63, 3.8) is 0 Å². The Morgan fingerprint density at radius 2 is 2.00 bits per heavy atom. The van der Waals surface area contributed by atoms with E-state index in [0.29, 0.717) is 11.4 Å². The molecule has 110 valence electrons. The van der Waals surface area contributed by atoms with Crippen LogP contribution >= 0.6 is 23.2 Å². The third-order valence-corrected chi connectivity index (χ3v) is 3.29. The number of nitrogens with two attached hydrogens (primary N) is 1. The lowest BCUT2D eigenvalue weighted by molar-refractivity contribution is -0.116. The van der Waals surface area contributed by atoms with Gasteiger partial charge in [-0.1, -0.05) is 23.2 Å². The van der Waals surface area contributed by atoms with Gasteiger partial charge in [0.05, 0.1) is 15.7 Å². The molecule has 0 aliphatic carbocycles.